The van der Waals surface area contributed by atoms with E-state index in [4.69, 9.17) is 5.11 Å². The number of nitrogens with zero attached hydrogens (tertiary/aromatic N) is 1. The SMILES string of the molecule is Cc1nc(CCC(=O)O)c[nH]1. The summed E-state index contributed by atoms with van der Waals surface area (Å²) in [6.45, 7) is 1.84. The predicted molar refractivity (Wildman–Crippen MR) is 39.3 cm³/mol. The van der Waals surface area contributed by atoms with Gasteiger partial charge in [-0.15, -0.1) is 0 Å². The van der Waals surface area contributed by atoms with Crippen LogP contribution in [0.3, 0.4) is 0 Å². The molecule has 0 amide bonds. The average Bonchev–Trinajstić information content (AvgIpc) is 2.31. The zero-order chi connectivity index (χ0) is 8.27. The van der Waals surface area contributed by atoms with Crippen molar-refractivity contribution < 1.29 is 9.90 Å². The van der Waals surface area contributed by atoms with Crippen LogP contribution in [0.15, 0.2) is 6.20 Å². The highest BCUT2D eigenvalue weighted by Crippen LogP contribution is 1.99. The molecule has 0 aromatic carbocycles. The van der Waals surface area contributed by atoms with Gasteiger partial charge in [-0.2, -0.15) is 0 Å². The maximum absolute atomic E-state index is 10.1. The third-order valence-electron chi connectivity index (χ3n) is 1.35. The van der Waals surface area contributed by atoms with Gasteiger partial charge in [0, 0.05) is 12.6 Å². The second kappa shape index (κ2) is 3.18. The van der Waals surface area contributed by atoms with Gasteiger partial charge in [0.2, 0.25) is 0 Å². The maximum atomic E-state index is 10.1. The number of aromatic amines is 1. The Kier molecular flexibility index (Phi) is 2.25. The molecule has 0 fully saturated rings. The van der Waals surface area contributed by atoms with Crippen molar-refractivity contribution in [1.82, 2.24) is 9.97 Å². The van der Waals surface area contributed by atoms with E-state index in [1.54, 1.807) is 6.20 Å². The molecule has 2 N–H and O–H groups in total. The summed E-state index contributed by atoms with van der Waals surface area (Å²) in [5.41, 5.74) is 0.810. The van der Waals surface area contributed by atoms with Crippen LogP contribution in [0, 0.1) is 6.92 Å². The third-order valence-corrected chi connectivity index (χ3v) is 1.35. The molecule has 0 spiro atoms. The highest BCUT2D eigenvalue weighted by Gasteiger charge is 2.00. The molecule has 4 heteroatoms. The summed E-state index contributed by atoms with van der Waals surface area (Å²) in [7, 11) is 0. The van der Waals surface area contributed by atoms with Crippen molar-refractivity contribution in [2.24, 2.45) is 0 Å². The first kappa shape index (κ1) is 7.78. The van der Waals surface area contributed by atoms with Gasteiger partial charge in [-0.05, 0) is 6.92 Å². The van der Waals surface area contributed by atoms with Crippen LogP contribution in [-0.4, -0.2) is 21.0 Å². The number of hydrogen-bond donors (Lipinski definition) is 2. The van der Waals surface area contributed by atoms with Gasteiger partial charge in [0.15, 0.2) is 0 Å². The molecule has 4 nitrogen and oxygen atoms in total. The Morgan fingerprint density at radius 3 is 3.00 bits per heavy atom. The largest absolute Gasteiger partial charge is 0.481 e. The lowest BCUT2D eigenvalue weighted by molar-refractivity contribution is -0.136. The van der Waals surface area contributed by atoms with Gasteiger partial charge in [-0.3, -0.25) is 4.79 Å². The summed E-state index contributed by atoms with van der Waals surface area (Å²) in [4.78, 5) is 17.1. The molecule has 1 aromatic heterocycles. The van der Waals surface area contributed by atoms with E-state index in [0.717, 1.165) is 11.5 Å². The van der Waals surface area contributed by atoms with Crippen molar-refractivity contribution in [3.63, 3.8) is 0 Å². The van der Waals surface area contributed by atoms with Crippen molar-refractivity contribution in [3.05, 3.63) is 17.7 Å². The molecular formula is C7H10N2O2. The lowest BCUT2D eigenvalue weighted by atomic mass is 10.2. The zero-order valence-corrected chi connectivity index (χ0v) is 6.29. The zero-order valence-electron chi connectivity index (χ0n) is 6.29. The number of imidazole rings is 1. The topological polar surface area (TPSA) is 66.0 Å². The highest BCUT2D eigenvalue weighted by molar-refractivity contribution is 5.66. The number of aromatic nitrogens is 2. The van der Waals surface area contributed by atoms with E-state index in [0.29, 0.717) is 6.42 Å². The molecule has 0 atom stereocenters. The molecule has 0 radical (unpaired) electrons. The molecule has 0 saturated carbocycles. The number of nitrogens with one attached hydrogen (secondary N) is 1. The van der Waals surface area contributed by atoms with Gasteiger partial charge < -0.3 is 10.1 Å². The summed E-state index contributed by atoms with van der Waals surface area (Å²) in [5, 5.41) is 8.34. The minimum absolute atomic E-state index is 0.143. The molecule has 0 aliphatic carbocycles. The number of carbonyl (C=O) groups is 1. The first-order valence-electron chi connectivity index (χ1n) is 3.41. The van der Waals surface area contributed by atoms with Crippen LogP contribution in [0.2, 0.25) is 0 Å². The second-order valence-corrected chi connectivity index (χ2v) is 2.37. The van der Waals surface area contributed by atoms with Gasteiger partial charge in [0.05, 0.1) is 12.1 Å². The van der Waals surface area contributed by atoms with E-state index in [1.807, 2.05) is 6.92 Å². The molecule has 0 aliphatic rings. The molecule has 1 rings (SSSR count). The van der Waals surface area contributed by atoms with Gasteiger partial charge in [-0.1, -0.05) is 0 Å². The lowest BCUT2D eigenvalue weighted by Gasteiger charge is -1.89. The molecule has 60 valence electrons. The van der Waals surface area contributed by atoms with E-state index in [9.17, 15) is 4.79 Å². The molecule has 11 heavy (non-hydrogen) atoms. The molecular weight excluding hydrogens is 144 g/mol. The monoisotopic (exact) mass is 154 g/mol. The number of hydrogen-bond acceptors (Lipinski definition) is 2. The van der Waals surface area contributed by atoms with Crippen LogP contribution in [0.25, 0.3) is 0 Å². The van der Waals surface area contributed by atoms with Gasteiger partial charge in [0.25, 0.3) is 0 Å². The molecule has 0 saturated heterocycles. The number of aryl methyl sites for hydroxylation is 2. The van der Waals surface area contributed by atoms with Crippen molar-refractivity contribution in [3.8, 4) is 0 Å². The van der Waals surface area contributed by atoms with Crippen LogP contribution in [0.1, 0.15) is 17.9 Å². The van der Waals surface area contributed by atoms with E-state index in [1.165, 1.54) is 0 Å². The van der Waals surface area contributed by atoms with Crippen LogP contribution >= 0.6 is 0 Å². The fraction of sp³-hybridized carbons (Fsp3) is 0.429. The van der Waals surface area contributed by atoms with E-state index in [2.05, 4.69) is 9.97 Å². The highest BCUT2D eigenvalue weighted by atomic mass is 16.4. The van der Waals surface area contributed by atoms with Crippen LogP contribution in [0.5, 0.6) is 0 Å². The van der Waals surface area contributed by atoms with Gasteiger partial charge in [-0.25, -0.2) is 4.98 Å². The van der Waals surface area contributed by atoms with Crippen molar-refractivity contribution in [2.75, 3.05) is 0 Å². The van der Waals surface area contributed by atoms with Crippen LogP contribution < -0.4 is 0 Å². The molecule has 0 unspecified atom stereocenters. The quantitative estimate of drug-likeness (QED) is 0.674. The fourth-order valence-corrected chi connectivity index (χ4v) is 0.831. The summed E-state index contributed by atoms with van der Waals surface area (Å²) < 4.78 is 0. The molecule has 1 aromatic rings. The number of carboxylic acids is 1. The second-order valence-electron chi connectivity index (χ2n) is 2.37. The molecule has 0 bridgehead atoms. The lowest BCUT2D eigenvalue weighted by Crippen LogP contribution is -1.97. The first-order valence-corrected chi connectivity index (χ1v) is 3.41. The number of carboxylic acid groups (broad SMARTS) is 1. The number of aliphatic carboxylic acids is 1. The van der Waals surface area contributed by atoms with E-state index >= 15 is 0 Å². The molecule has 1 heterocycles. The first-order chi connectivity index (χ1) is 5.18. The minimum Gasteiger partial charge on any atom is -0.481 e. The summed E-state index contributed by atoms with van der Waals surface area (Å²) in [6.07, 6.45) is 2.38. The fourth-order valence-electron chi connectivity index (χ4n) is 0.831. The van der Waals surface area contributed by atoms with Crippen LogP contribution in [-0.2, 0) is 11.2 Å². The van der Waals surface area contributed by atoms with E-state index < -0.39 is 5.97 Å². The van der Waals surface area contributed by atoms with E-state index in [-0.39, 0.29) is 6.42 Å². The predicted octanol–water partition coefficient (Wildman–Crippen LogP) is 0.735. The average molecular weight is 154 g/mol. The Bertz CT molecular complexity index is 255. The minimum atomic E-state index is -0.786. The van der Waals surface area contributed by atoms with Crippen molar-refractivity contribution >= 4 is 5.97 Å². The van der Waals surface area contributed by atoms with Crippen molar-refractivity contribution in [1.29, 1.82) is 0 Å². The number of H-pyrrole nitrogens is 1. The Morgan fingerprint density at radius 2 is 2.55 bits per heavy atom. The summed E-state index contributed by atoms with van der Waals surface area (Å²) in [5.74, 6) is 0.0380. The van der Waals surface area contributed by atoms with Crippen molar-refractivity contribution in [2.45, 2.75) is 19.8 Å². The third kappa shape index (κ3) is 2.41. The number of rotatable bonds is 3. The van der Waals surface area contributed by atoms with Gasteiger partial charge >= 0.3 is 5.97 Å². The van der Waals surface area contributed by atoms with Gasteiger partial charge in [0.1, 0.15) is 5.82 Å². The Labute approximate surface area is 64.3 Å². The van der Waals surface area contributed by atoms with Crippen LogP contribution in [0.4, 0.5) is 0 Å². The smallest absolute Gasteiger partial charge is 0.303 e. The summed E-state index contributed by atoms with van der Waals surface area (Å²) >= 11 is 0. The Morgan fingerprint density at radius 1 is 1.82 bits per heavy atom. The normalized spacial score (nSPS) is 9.91. The standard InChI is InChI=1S/C7H10N2O2/c1-5-8-4-6(9-5)2-3-7(10)11/h4H,2-3H2,1H3,(H,8,9)(H,10,11). The Balaban J connectivity index is 2.45. The molecule has 0 aliphatic heterocycles. The summed E-state index contributed by atoms with van der Waals surface area (Å²) in [6, 6.07) is 0. The maximum Gasteiger partial charge on any atom is 0.303 e. The Hall–Kier alpha value is -1.32.